The number of halogens is 1. The summed E-state index contributed by atoms with van der Waals surface area (Å²) in [6.07, 6.45) is 1.93. The van der Waals surface area contributed by atoms with Crippen LogP contribution < -0.4 is 0 Å². The molecule has 1 N–H and O–H groups in total. The summed E-state index contributed by atoms with van der Waals surface area (Å²) in [5, 5.41) is 12.7. The molecule has 2 aromatic rings. The molecule has 0 unspecified atom stereocenters. The minimum Gasteiger partial charge on any atom is -0.480 e. The molecule has 0 aliphatic rings. The van der Waals surface area contributed by atoms with Gasteiger partial charge < -0.3 is 5.11 Å². The maximum Gasteiger partial charge on any atom is 0.325 e. The first-order valence-corrected chi connectivity index (χ1v) is 5.10. The van der Waals surface area contributed by atoms with E-state index < -0.39 is 11.8 Å². The Bertz CT molecular complexity index is 590. The number of nitrogens with zero attached hydrogens (tertiary/aromatic N) is 2. The minimum atomic E-state index is -1.05. The molecule has 1 heterocycles. The number of carboxylic acids is 1. The van der Waals surface area contributed by atoms with Crippen LogP contribution in [0.1, 0.15) is 10.4 Å². The molecule has 0 atom stereocenters. The fourth-order valence-electron chi connectivity index (χ4n) is 1.57. The van der Waals surface area contributed by atoms with E-state index in [1.54, 1.807) is 0 Å². The monoisotopic (exact) mass is 248 g/mol. The normalized spacial score (nSPS) is 10.3. The molecule has 1 aromatic heterocycles. The molecule has 1 aromatic carbocycles. The van der Waals surface area contributed by atoms with Crippen LogP contribution in [-0.2, 0) is 11.3 Å². The number of benzene rings is 1. The first-order chi connectivity index (χ1) is 8.60. The number of rotatable bonds is 4. The van der Waals surface area contributed by atoms with Gasteiger partial charge in [0.2, 0.25) is 0 Å². The summed E-state index contributed by atoms with van der Waals surface area (Å²) in [7, 11) is 0. The third-order valence-corrected chi connectivity index (χ3v) is 2.33. The molecule has 0 saturated heterocycles. The van der Waals surface area contributed by atoms with Crippen molar-refractivity contribution >= 4 is 12.3 Å². The Labute approximate surface area is 101 Å². The van der Waals surface area contributed by atoms with E-state index in [0.717, 1.165) is 4.68 Å². The van der Waals surface area contributed by atoms with Gasteiger partial charge in [-0.1, -0.05) is 0 Å². The van der Waals surface area contributed by atoms with E-state index in [9.17, 15) is 14.0 Å². The average molecular weight is 248 g/mol. The molecule has 92 valence electrons. The Hall–Kier alpha value is -2.50. The zero-order chi connectivity index (χ0) is 13.1. The summed E-state index contributed by atoms with van der Waals surface area (Å²) in [4.78, 5) is 21.5. The number of aliphatic carboxylic acids is 1. The Morgan fingerprint density at radius 3 is 2.61 bits per heavy atom. The predicted molar refractivity (Wildman–Crippen MR) is 60.6 cm³/mol. The Balaban J connectivity index is 2.42. The highest BCUT2D eigenvalue weighted by Crippen LogP contribution is 2.21. The van der Waals surface area contributed by atoms with Crippen molar-refractivity contribution in [2.75, 3.05) is 0 Å². The zero-order valence-electron chi connectivity index (χ0n) is 9.21. The lowest BCUT2D eigenvalue weighted by Gasteiger charge is -1.98. The van der Waals surface area contributed by atoms with E-state index in [-0.39, 0.29) is 12.1 Å². The summed E-state index contributed by atoms with van der Waals surface area (Å²) in [5.41, 5.74) is 1.16. The van der Waals surface area contributed by atoms with Crippen molar-refractivity contribution in [3.63, 3.8) is 0 Å². The minimum absolute atomic E-state index is 0.267. The molecule has 0 bridgehead atoms. The molecule has 0 spiro atoms. The molecule has 0 aliphatic heterocycles. The van der Waals surface area contributed by atoms with Gasteiger partial charge in [-0.25, -0.2) is 4.39 Å². The van der Waals surface area contributed by atoms with Crippen LogP contribution in [0.4, 0.5) is 4.39 Å². The Morgan fingerprint density at radius 1 is 1.39 bits per heavy atom. The number of hydrogen-bond acceptors (Lipinski definition) is 3. The predicted octanol–water partition coefficient (Wildman–Crippen LogP) is 1.59. The van der Waals surface area contributed by atoms with Gasteiger partial charge in [0, 0.05) is 11.8 Å². The fourth-order valence-corrected chi connectivity index (χ4v) is 1.57. The lowest BCUT2D eigenvalue weighted by molar-refractivity contribution is -0.137. The van der Waals surface area contributed by atoms with E-state index in [4.69, 9.17) is 5.11 Å². The van der Waals surface area contributed by atoms with Crippen LogP contribution in [0.5, 0.6) is 0 Å². The van der Waals surface area contributed by atoms with Crippen molar-refractivity contribution in [2.45, 2.75) is 6.54 Å². The van der Waals surface area contributed by atoms with Crippen molar-refractivity contribution < 1.29 is 19.1 Å². The first-order valence-electron chi connectivity index (χ1n) is 5.10. The molecule has 0 aliphatic carbocycles. The quantitative estimate of drug-likeness (QED) is 0.834. The summed E-state index contributed by atoms with van der Waals surface area (Å²) in [5.74, 6) is -1.45. The third kappa shape index (κ3) is 2.42. The summed E-state index contributed by atoms with van der Waals surface area (Å²) in [6.45, 7) is -0.331. The molecule has 6 heteroatoms. The summed E-state index contributed by atoms with van der Waals surface area (Å²) >= 11 is 0. The van der Waals surface area contributed by atoms with Crippen molar-refractivity contribution in [2.24, 2.45) is 0 Å². The van der Waals surface area contributed by atoms with Crippen LogP contribution >= 0.6 is 0 Å². The van der Waals surface area contributed by atoms with E-state index >= 15 is 0 Å². The SMILES string of the molecule is O=Cc1cn(CC(=O)O)nc1-c1ccc(F)cc1. The first kappa shape index (κ1) is 12.0. The zero-order valence-corrected chi connectivity index (χ0v) is 9.21. The molecule has 2 rings (SSSR count). The molecule has 18 heavy (non-hydrogen) atoms. The van der Waals surface area contributed by atoms with Crippen LogP contribution in [0, 0.1) is 5.82 Å². The lowest BCUT2D eigenvalue weighted by Crippen LogP contribution is -2.08. The molecule has 0 saturated carbocycles. The maximum atomic E-state index is 12.8. The van der Waals surface area contributed by atoms with E-state index in [1.165, 1.54) is 30.5 Å². The highest BCUT2D eigenvalue weighted by atomic mass is 19.1. The van der Waals surface area contributed by atoms with Crippen molar-refractivity contribution in [3.05, 3.63) is 41.8 Å². The second kappa shape index (κ2) is 4.79. The Kier molecular flexibility index (Phi) is 3.18. The third-order valence-electron chi connectivity index (χ3n) is 2.33. The van der Waals surface area contributed by atoms with E-state index in [1.807, 2.05) is 0 Å². The van der Waals surface area contributed by atoms with Crippen molar-refractivity contribution in [3.8, 4) is 11.3 Å². The average Bonchev–Trinajstić information content (AvgIpc) is 2.72. The van der Waals surface area contributed by atoms with Crippen LogP contribution in [-0.4, -0.2) is 27.1 Å². The lowest BCUT2D eigenvalue weighted by atomic mass is 10.1. The van der Waals surface area contributed by atoms with Crippen LogP contribution in [0.3, 0.4) is 0 Å². The van der Waals surface area contributed by atoms with Gasteiger partial charge in [0.1, 0.15) is 18.1 Å². The number of aromatic nitrogens is 2. The van der Waals surface area contributed by atoms with Crippen molar-refractivity contribution in [1.29, 1.82) is 0 Å². The molecular formula is C12H9FN2O3. The molecule has 5 nitrogen and oxygen atoms in total. The van der Waals surface area contributed by atoms with Gasteiger partial charge in [-0.2, -0.15) is 5.10 Å². The fraction of sp³-hybridized carbons (Fsp3) is 0.0833. The van der Waals surface area contributed by atoms with E-state index in [0.29, 0.717) is 17.5 Å². The van der Waals surface area contributed by atoms with Gasteiger partial charge in [-0.3, -0.25) is 14.3 Å². The topological polar surface area (TPSA) is 72.2 Å². The van der Waals surface area contributed by atoms with Crippen LogP contribution in [0.15, 0.2) is 30.5 Å². The molecule has 0 fully saturated rings. The van der Waals surface area contributed by atoms with Gasteiger partial charge in [0.05, 0.1) is 5.56 Å². The number of carbonyl (C=O) groups is 2. The highest BCUT2D eigenvalue weighted by Gasteiger charge is 2.12. The smallest absolute Gasteiger partial charge is 0.325 e. The second-order valence-corrected chi connectivity index (χ2v) is 3.65. The molecular weight excluding hydrogens is 239 g/mol. The molecule has 0 amide bonds. The maximum absolute atomic E-state index is 12.8. The Morgan fingerprint density at radius 2 is 2.06 bits per heavy atom. The number of carbonyl (C=O) groups excluding carboxylic acids is 1. The van der Waals surface area contributed by atoms with Crippen LogP contribution in [0.25, 0.3) is 11.3 Å². The molecule has 0 radical (unpaired) electrons. The standard InChI is InChI=1S/C12H9FN2O3/c13-10-3-1-8(2-4-10)12-9(7-16)5-15(14-12)6-11(17)18/h1-5,7H,6H2,(H,17,18). The summed E-state index contributed by atoms with van der Waals surface area (Å²) in [6, 6.07) is 5.46. The van der Waals surface area contributed by atoms with Gasteiger partial charge in [-0.05, 0) is 24.3 Å². The second-order valence-electron chi connectivity index (χ2n) is 3.65. The van der Waals surface area contributed by atoms with Gasteiger partial charge >= 0.3 is 5.97 Å². The van der Waals surface area contributed by atoms with Gasteiger partial charge in [0.25, 0.3) is 0 Å². The number of hydrogen-bond donors (Lipinski definition) is 1. The summed E-state index contributed by atoms with van der Waals surface area (Å²) < 4.78 is 13.9. The van der Waals surface area contributed by atoms with Crippen molar-refractivity contribution in [1.82, 2.24) is 9.78 Å². The van der Waals surface area contributed by atoms with Gasteiger partial charge in [0.15, 0.2) is 6.29 Å². The highest BCUT2D eigenvalue weighted by molar-refractivity contribution is 5.85. The number of aldehydes is 1. The van der Waals surface area contributed by atoms with Crippen LogP contribution in [0.2, 0.25) is 0 Å². The van der Waals surface area contributed by atoms with Gasteiger partial charge in [-0.15, -0.1) is 0 Å². The van der Waals surface area contributed by atoms with E-state index in [2.05, 4.69) is 5.10 Å². The largest absolute Gasteiger partial charge is 0.480 e. The number of carboxylic acid groups (broad SMARTS) is 1.